The number of alkyl halides is 3. The monoisotopic (exact) mass is 646 g/mol. The second kappa shape index (κ2) is 14.1. The van der Waals surface area contributed by atoms with E-state index in [2.05, 4.69) is 61.7 Å². The molecule has 5 nitrogen and oxygen atoms in total. The summed E-state index contributed by atoms with van der Waals surface area (Å²) in [6.45, 7) is 8.11. The van der Waals surface area contributed by atoms with Gasteiger partial charge in [0.15, 0.2) is 35.3 Å². The van der Waals surface area contributed by atoms with Crippen LogP contribution in [0.15, 0.2) is 78.9 Å². The predicted octanol–water partition coefficient (Wildman–Crippen LogP) is 8.80. The lowest BCUT2D eigenvalue weighted by Crippen LogP contribution is -2.30. The molecular weight excluding hydrogens is 603 g/mol. The van der Waals surface area contributed by atoms with Crippen molar-refractivity contribution in [3.8, 4) is 23.0 Å². The lowest BCUT2D eigenvalue weighted by molar-refractivity contribution is -0.545. The number of para-hydroxylation sites is 1. The molecular formula is C39H43F3NO4+. The van der Waals surface area contributed by atoms with Gasteiger partial charge in [-0.15, -0.1) is 0 Å². The second-order valence-electron chi connectivity index (χ2n) is 12.9. The minimum absolute atomic E-state index is 0.0883. The molecule has 1 aliphatic heterocycles. The molecule has 4 aromatic carbocycles. The number of aryl methyl sites for hydroxylation is 1. The van der Waals surface area contributed by atoms with Gasteiger partial charge in [0.05, 0.1) is 32.5 Å². The fourth-order valence-electron chi connectivity index (χ4n) is 6.02. The van der Waals surface area contributed by atoms with E-state index in [-0.39, 0.29) is 12.0 Å². The van der Waals surface area contributed by atoms with Crippen molar-refractivity contribution in [3.63, 3.8) is 0 Å². The van der Waals surface area contributed by atoms with Gasteiger partial charge in [0.25, 0.3) is 0 Å². The molecule has 0 saturated carbocycles. The van der Waals surface area contributed by atoms with Crippen LogP contribution in [0.2, 0.25) is 0 Å². The van der Waals surface area contributed by atoms with Crippen LogP contribution < -0.4 is 18.9 Å². The smallest absolute Gasteiger partial charge is 0.416 e. The Morgan fingerprint density at radius 1 is 0.702 bits per heavy atom. The number of hydrogen-bond acceptors (Lipinski definition) is 4. The average Bonchev–Trinajstić information content (AvgIpc) is 3.05. The van der Waals surface area contributed by atoms with Crippen LogP contribution in [-0.2, 0) is 37.6 Å². The van der Waals surface area contributed by atoms with Crippen molar-refractivity contribution in [2.24, 2.45) is 0 Å². The first-order valence-corrected chi connectivity index (χ1v) is 15.8. The van der Waals surface area contributed by atoms with Crippen LogP contribution in [0.5, 0.6) is 23.0 Å². The SMILES string of the molecule is COc1cc2c(cc1OC)C(CCc1ccc(C(C)(C)C)cc1)=[N+](Cc1cccc(OC)c1OCc1ccc(C(F)(F)F)cc1)CC2. The van der Waals surface area contributed by atoms with Crippen LogP contribution in [0.3, 0.4) is 0 Å². The largest absolute Gasteiger partial charge is 0.493 e. The molecule has 0 aliphatic carbocycles. The molecule has 0 unspecified atom stereocenters. The number of methoxy groups -OCH3 is 3. The van der Waals surface area contributed by atoms with Crippen molar-refractivity contribution >= 4 is 5.71 Å². The third-order valence-electron chi connectivity index (χ3n) is 8.73. The maximum Gasteiger partial charge on any atom is 0.416 e. The van der Waals surface area contributed by atoms with Gasteiger partial charge in [-0.05, 0) is 70.5 Å². The predicted molar refractivity (Wildman–Crippen MR) is 178 cm³/mol. The average molecular weight is 647 g/mol. The van der Waals surface area contributed by atoms with Gasteiger partial charge in [-0.3, -0.25) is 0 Å². The first-order valence-electron chi connectivity index (χ1n) is 15.8. The summed E-state index contributed by atoms with van der Waals surface area (Å²) in [6.07, 6.45) is -1.89. The highest BCUT2D eigenvalue weighted by atomic mass is 19.4. The molecule has 0 spiro atoms. The third kappa shape index (κ3) is 7.92. The van der Waals surface area contributed by atoms with E-state index in [1.54, 1.807) is 21.3 Å². The maximum atomic E-state index is 13.1. The van der Waals surface area contributed by atoms with E-state index in [0.717, 1.165) is 49.1 Å². The Kier molecular flexibility index (Phi) is 10.2. The normalized spacial score (nSPS) is 13.3. The molecule has 0 atom stereocenters. The van der Waals surface area contributed by atoms with Crippen molar-refractivity contribution in [2.45, 2.75) is 64.8 Å². The van der Waals surface area contributed by atoms with E-state index < -0.39 is 11.7 Å². The number of nitrogens with zero attached hydrogens (tertiary/aromatic N) is 1. The van der Waals surface area contributed by atoms with Crippen molar-refractivity contribution in [3.05, 3.63) is 118 Å². The molecule has 0 fully saturated rings. The molecule has 47 heavy (non-hydrogen) atoms. The number of rotatable bonds is 11. The Hall–Kier alpha value is -4.46. The molecule has 248 valence electrons. The lowest BCUT2D eigenvalue weighted by atomic mass is 9.86. The summed E-state index contributed by atoms with van der Waals surface area (Å²) < 4.78 is 64.9. The van der Waals surface area contributed by atoms with Gasteiger partial charge in [0.2, 0.25) is 0 Å². The Labute approximate surface area is 275 Å². The number of fused-ring (bicyclic) bond motifs is 1. The van der Waals surface area contributed by atoms with Gasteiger partial charge in [-0.2, -0.15) is 13.2 Å². The number of benzene rings is 4. The zero-order valence-electron chi connectivity index (χ0n) is 28.0. The van der Waals surface area contributed by atoms with Crippen LogP contribution in [-0.4, -0.2) is 38.2 Å². The van der Waals surface area contributed by atoms with E-state index in [1.807, 2.05) is 18.2 Å². The lowest BCUT2D eigenvalue weighted by Gasteiger charge is -2.22. The molecule has 0 saturated heterocycles. The molecule has 1 heterocycles. The first-order chi connectivity index (χ1) is 22.4. The van der Waals surface area contributed by atoms with Crippen LogP contribution in [0, 0.1) is 0 Å². The highest BCUT2D eigenvalue weighted by Crippen LogP contribution is 2.36. The fourth-order valence-corrected chi connectivity index (χ4v) is 6.02. The molecule has 5 rings (SSSR count). The molecule has 8 heteroatoms. The minimum Gasteiger partial charge on any atom is -0.493 e. The summed E-state index contributed by atoms with van der Waals surface area (Å²) in [5.74, 6) is 2.54. The molecule has 1 aliphatic rings. The Balaban J connectivity index is 1.48. The molecule has 0 amide bonds. The van der Waals surface area contributed by atoms with Gasteiger partial charge < -0.3 is 18.9 Å². The Morgan fingerprint density at radius 3 is 1.94 bits per heavy atom. The summed E-state index contributed by atoms with van der Waals surface area (Å²) in [7, 11) is 4.89. The van der Waals surface area contributed by atoms with Crippen molar-refractivity contribution in [1.29, 1.82) is 0 Å². The maximum absolute atomic E-state index is 13.1. The van der Waals surface area contributed by atoms with Crippen molar-refractivity contribution < 1.29 is 36.7 Å². The number of ether oxygens (including phenoxy) is 4. The zero-order valence-corrected chi connectivity index (χ0v) is 28.0. The van der Waals surface area contributed by atoms with Gasteiger partial charge in [0, 0.05) is 18.4 Å². The summed E-state index contributed by atoms with van der Waals surface area (Å²) >= 11 is 0. The first kappa shape index (κ1) is 33.9. The number of hydrogen-bond donors (Lipinski definition) is 0. The van der Waals surface area contributed by atoms with Crippen LogP contribution in [0.25, 0.3) is 0 Å². The van der Waals surface area contributed by atoms with Crippen molar-refractivity contribution in [1.82, 2.24) is 0 Å². The summed E-state index contributed by atoms with van der Waals surface area (Å²) in [6, 6.07) is 23.9. The Bertz CT molecular complexity index is 1720. The standard InChI is InChI=1S/C39H43F3NO4/c1-38(2,3)30-15-10-26(11-16-30)14-19-33-32-23-36(46-6)35(45-5)22-28(32)20-21-43(33)24-29-8-7-9-34(44-4)37(29)47-25-27-12-17-31(18-13-27)39(40,41)42/h7-13,15-18,22-23H,14,19-21,24-25H2,1-6H3/q+1. The highest BCUT2D eigenvalue weighted by Gasteiger charge is 2.31. The van der Waals surface area contributed by atoms with E-state index in [0.29, 0.717) is 35.1 Å². The molecule has 4 aromatic rings. The molecule has 0 N–H and O–H groups in total. The van der Waals surface area contributed by atoms with Gasteiger partial charge in [-0.1, -0.05) is 63.2 Å². The fraction of sp³-hybridized carbons (Fsp3) is 0.359. The zero-order chi connectivity index (χ0) is 33.8. The summed E-state index contributed by atoms with van der Waals surface area (Å²) in [5, 5.41) is 0. The van der Waals surface area contributed by atoms with Gasteiger partial charge >= 0.3 is 6.18 Å². The molecule has 0 radical (unpaired) electrons. The molecule has 0 aromatic heterocycles. The van der Waals surface area contributed by atoms with Crippen molar-refractivity contribution in [2.75, 3.05) is 27.9 Å². The van der Waals surface area contributed by atoms with Crippen LogP contribution in [0.4, 0.5) is 13.2 Å². The summed E-state index contributed by atoms with van der Waals surface area (Å²) in [5.41, 5.74) is 7.06. The van der Waals surface area contributed by atoms with Crippen LogP contribution in [0.1, 0.15) is 66.1 Å². The van der Waals surface area contributed by atoms with E-state index >= 15 is 0 Å². The van der Waals surface area contributed by atoms with Gasteiger partial charge in [-0.25, -0.2) is 4.58 Å². The number of halogens is 3. The topological polar surface area (TPSA) is 39.9 Å². The molecule has 0 bridgehead atoms. The van der Waals surface area contributed by atoms with E-state index in [1.165, 1.54) is 34.5 Å². The third-order valence-corrected chi connectivity index (χ3v) is 8.73. The Morgan fingerprint density at radius 2 is 1.32 bits per heavy atom. The second-order valence-corrected chi connectivity index (χ2v) is 12.9. The minimum atomic E-state index is -4.39. The highest BCUT2D eigenvalue weighted by molar-refractivity contribution is 5.99. The van der Waals surface area contributed by atoms with E-state index in [4.69, 9.17) is 18.9 Å². The van der Waals surface area contributed by atoms with Crippen LogP contribution >= 0.6 is 0 Å². The quantitative estimate of drug-likeness (QED) is 0.153. The summed E-state index contributed by atoms with van der Waals surface area (Å²) in [4.78, 5) is 0. The van der Waals surface area contributed by atoms with Gasteiger partial charge in [0.1, 0.15) is 13.2 Å². The van der Waals surface area contributed by atoms with E-state index in [9.17, 15) is 13.2 Å².